The molecule has 0 aliphatic carbocycles. The summed E-state index contributed by atoms with van der Waals surface area (Å²) in [6.07, 6.45) is 0. The monoisotopic (exact) mass is 230 g/mol. The molecule has 0 amide bonds. The van der Waals surface area contributed by atoms with E-state index in [4.69, 9.17) is 21.1 Å². The van der Waals surface area contributed by atoms with Crippen molar-refractivity contribution in [1.82, 2.24) is 15.0 Å². The van der Waals surface area contributed by atoms with E-state index in [1.165, 1.54) is 14.2 Å². The van der Waals surface area contributed by atoms with E-state index < -0.39 is 0 Å². The fourth-order valence-electron chi connectivity index (χ4n) is 0.775. The lowest BCUT2D eigenvalue weighted by Gasteiger charge is -2.06. The Morgan fingerprint density at radius 1 is 1.27 bits per heavy atom. The second-order valence-electron chi connectivity index (χ2n) is 2.50. The molecule has 0 unspecified atom stereocenters. The molecule has 0 atom stereocenters. The van der Waals surface area contributed by atoms with Crippen LogP contribution in [0, 0.1) is 0 Å². The van der Waals surface area contributed by atoms with E-state index >= 15 is 0 Å². The lowest BCUT2D eigenvalue weighted by atomic mass is 10.6. The first-order chi connectivity index (χ1) is 7.15. The van der Waals surface area contributed by atoms with Gasteiger partial charge in [0.2, 0.25) is 5.95 Å². The van der Waals surface area contributed by atoms with Crippen LogP contribution in [0.4, 0.5) is 5.95 Å². The van der Waals surface area contributed by atoms with Crippen molar-refractivity contribution in [1.29, 1.82) is 0 Å². The number of methoxy groups -OCH3 is 2. The maximum absolute atomic E-state index is 5.58. The Morgan fingerprint density at radius 2 is 1.80 bits per heavy atom. The minimum atomic E-state index is 0.171. The average Bonchev–Trinajstić information content (AvgIpc) is 2.25. The molecule has 1 rings (SSSR count). The number of hydrogen-bond donors (Lipinski definition) is 1. The molecule has 7 heteroatoms. The lowest BCUT2D eigenvalue weighted by molar-refractivity contribution is 0.341. The highest BCUT2D eigenvalue weighted by Crippen LogP contribution is 2.12. The quantitative estimate of drug-likeness (QED) is 0.816. The second kappa shape index (κ2) is 5.35. The normalized spacial score (nSPS) is 9.53. The molecule has 1 aromatic rings. The van der Waals surface area contributed by atoms with Gasteiger partial charge in [0.15, 0.2) is 0 Å². The van der Waals surface area contributed by atoms with E-state index in [0.29, 0.717) is 17.5 Å². The van der Waals surface area contributed by atoms with Crippen LogP contribution >= 0.6 is 11.6 Å². The molecule has 1 aromatic heterocycles. The van der Waals surface area contributed by atoms with E-state index in [9.17, 15) is 0 Å². The van der Waals surface area contributed by atoms with Crippen molar-refractivity contribution < 1.29 is 9.47 Å². The Hall–Kier alpha value is -1.56. The molecule has 0 bridgehead atoms. The number of anilines is 1. The van der Waals surface area contributed by atoms with Crippen LogP contribution in [-0.4, -0.2) is 35.7 Å². The Labute approximate surface area is 92.3 Å². The highest BCUT2D eigenvalue weighted by Gasteiger charge is 2.06. The van der Waals surface area contributed by atoms with Gasteiger partial charge >= 0.3 is 12.0 Å². The van der Waals surface area contributed by atoms with Gasteiger partial charge in [-0.15, -0.1) is 4.98 Å². The highest BCUT2D eigenvalue weighted by molar-refractivity contribution is 6.29. The summed E-state index contributed by atoms with van der Waals surface area (Å²) in [7, 11) is 2.91. The summed E-state index contributed by atoms with van der Waals surface area (Å²) >= 11 is 5.58. The zero-order chi connectivity index (χ0) is 11.3. The van der Waals surface area contributed by atoms with Gasteiger partial charge in [-0.25, -0.2) is 0 Å². The summed E-state index contributed by atoms with van der Waals surface area (Å²) in [5, 5.41) is 3.29. The number of rotatable bonds is 5. The van der Waals surface area contributed by atoms with E-state index in [1.54, 1.807) is 0 Å². The zero-order valence-electron chi connectivity index (χ0n) is 8.45. The third kappa shape index (κ3) is 3.59. The second-order valence-corrected chi connectivity index (χ2v) is 3.04. The number of aromatic nitrogens is 3. The minimum absolute atomic E-state index is 0.171. The third-order valence-corrected chi connectivity index (χ3v) is 1.53. The van der Waals surface area contributed by atoms with Crippen molar-refractivity contribution in [2.24, 2.45) is 0 Å². The zero-order valence-corrected chi connectivity index (χ0v) is 9.21. The fourth-order valence-corrected chi connectivity index (χ4v) is 0.841. The predicted molar refractivity (Wildman–Crippen MR) is 56.4 cm³/mol. The SMILES string of the molecule is C=C(Cl)CNc1nc(OC)nc(OC)n1. The smallest absolute Gasteiger partial charge is 0.324 e. The van der Waals surface area contributed by atoms with Crippen molar-refractivity contribution in [3.8, 4) is 12.0 Å². The largest absolute Gasteiger partial charge is 0.467 e. The Balaban J connectivity index is 2.81. The van der Waals surface area contributed by atoms with Crippen molar-refractivity contribution in [2.75, 3.05) is 26.1 Å². The van der Waals surface area contributed by atoms with Crippen molar-refractivity contribution in [3.63, 3.8) is 0 Å². The maximum atomic E-state index is 5.58. The summed E-state index contributed by atoms with van der Waals surface area (Å²) in [6.45, 7) is 3.88. The average molecular weight is 231 g/mol. The van der Waals surface area contributed by atoms with Gasteiger partial charge in [-0.05, 0) is 0 Å². The molecule has 0 aromatic carbocycles. The van der Waals surface area contributed by atoms with Gasteiger partial charge in [-0.3, -0.25) is 0 Å². The van der Waals surface area contributed by atoms with Crippen LogP contribution in [0.3, 0.4) is 0 Å². The number of nitrogens with zero attached hydrogens (tertiary/aromatic N) is 3. The van der Waals surface area contributed by atoms with Gasteiger partial charge in [0.1, 0.15) is 0 Å². The third-order valence-electron chi connectivity index (χ3n) is 1.40. The Kier molecular flexibility index (Phi) is 4.11. The molecule has 0 radical (unpaired) electrons. The molecule has 6 nitrogen and oxygen atoms in total. The van der Waals surface area contributed by atoms with Gasteiger partial charge in [0.05, 0.1) is 20.8 Å². The van der Waals surface area contributed by atoms with Crippen LogP contribution in [0.25, 0.3) is 0 Å². The van der Waals surface area contributed by atoms with E-state index in [-0.39, 0.29) is 12.0 Å². The summed E-state index contributed by atoms with van der Waals surface area (Å²) in [4.78, 5) is 11.7. The van der Waals surface area contributed by atoms with Crippen LogP contribution in [-0.2, 0) is 0 Å². The molecule has 1 N–H and O–H groups in total. The van der Waals surface area contributed by atoms with Gasteiger partial charge in [0, 0.05) is 5.03 Å². The minimum Gasteiger partial charge on any atom is -0.467 e. The van der Waals surface area contributed by atoms with E-state index in [2.05, 4.69) is 26.8 Å². The molecule has 0 saturated carbocycles. The van der Waals surface area contributed by atoms with E-state index in [0.717, 1.165) is 0 Å². The van der Waals surface area contributed by atoms with Crippen LogP contribution < -0.4 is 14.8 Å². The predicted octanol–water partition coefficient (Wildman–Crippen LogP) is 1.05. The van der Waals surface area contributed by atoms with Crippen LogP contribution in [0.5, 0.6) is 12.0 Å². The molecule has 82 valence electrons. The number of hydrogen-bond acceptors (Lipinski definition) is 6. The van der Waals surface area contributed by atoms with Gasteiger partial charge in [-0.2, -0.15) is 9.97 Å². The summed E-state index contributed by atoms with van der Waals surface area (Å²) in [6, 6.07) is 0.342. The van der Waals surface area contributed by atoms with Crippen molar-refractivity contribution >= 4 is 17.5 Å². The molecular formula is C8H11ClN4O2. The first kappa shape index (κ1) is 11.5. The fraction of sp³-hybridized carbons (Fsp3) is 0.375. The van der Waals surface area contributed by atoms with Crippen LogP contribution in [0.15, 0.2) is 11.6 Å². The number of nitrogens with one attached hydrogen (secondary N) is 1. The molecule has 0 saturated heterocycles. The number of ether oxygens (including phenoxy) is 2. The van der Waals surface area contributed by atoms with Crippen LogP contribution in [0.2, 0.25) is 0 Å². The van der Waals surface area contributed by atoms with Crippen molar-refractivity contribution in [2.45, 2.75) is 0 Å². The topological polar surface area (TPSA) is 69.2 Å². The molecule has 1 heterocycles. The lowest BCUT2D eigenvalue weighted by Crippen LogP contribution is -2.08. The molecule has 0 aliphatic rings. The first-order valence-corrected chi connectivity index (χ1v) is 4.44. The first-order valence-electron chi connectivity index (χ1n) is 4.07. The molecule has 0 spiro atoms. The van der Waals surface area contributed by atoms with E-state index in [1.807, 2.05) is 0 Å². The number of halogens is 1. The molecular weight excluding hydrogens is 220 g/mol. The summed E-state index contributed by atoms with van der Waals surface area (Å²) < 4.78 is 9.73. The molecule has 0 aliphatic heterocycles. The van der Waals surface area contributed by atoms with Crippen molar-refractivity contribution in [3.05, 3.63) is 11.6 Å². The maximum Gasteiger partial charge on any atom is 0.324 e. The Bertz CT molecular complexity index is 336. The van der Waals surface area contributed by atoms with Gasteiger partial charge in [-0.1, -0.05) is 18.2 Å². The van der Waals surface area contributed by atoms with Gasteiger partial charge in [0.25, 0.3) is 0 Å². The highest BCUT2D eigenvalue weighted by atomic mass is 35.5. The molecule has 15 heavy (non-hydrogen) atoms. The van der Waals surface area contributed by atoms with Crippen LogP contribution in [0.1, 0.15) is 0 Å². The molecule has 0 fully saturated rings. The van der Waals surface area contributed by atoms with Gasteiger partial charge < -0.3 is 14.8 Å². The summed E-state index contributed by atoms with van der Waals surface area (Å²) in [5.74, 6) is 0.320. The Morgan fingerprint density at radius 3 is 2.20 bits per heavy atom. The standard InChI is InChI=1S/C8H11ClN4O2/c1-5(9)4-10-6-11-7(14-2)13-8(12-6)15-3/h1,4H2,2-3H3,(H,10,11,12,13). The summed E-state index contributed by atoms with van der Waals surface area (Å²) in [5.41, 5.74) is 0.